The molecule has 1 amide bonds. The van der Waals surface area contributed by atoms with Crippen molar-refractivity contribution in [2.45, 2.75) is 19.4 Å². The number of rotatable bonds is 7. The number of benzene rings is 1. The number of pyridine rings is 1. The Bertz CT molecular complexity index is 721. The minimum absolute atomic E-state index is 0.203. The molecule has 0 atom stereocenters. The molecule has 0 radical (unpaired) electrons. The molecule has 0 N–H and O–H groups in total. The molecule has 2 aromatic rings. The number of amides is 1. The molecule has 1 aromatic carbocycles. The molecule has 0 unspecified atom stereocenters. The van der Waals surface area contributed by atoms with Gasteiger partial charge in [-0.1, -0.05) is 6.07 Å². The van der Waals surface area contributed by atoms with E-state index in [4.69, 9.17) is 9.47 Å². The van der Waals surface area contributed by atoms with E-state index < -0.39 is 0 Å². The van der Waals surface area contributed by atoms with E-state index in [-0.39, 0.29) is 5.91 Å². The van der Waals surface area contributed by atoms with Gasteiger partial charge in [0.25, 0.3) is 0 Å². The highest BCUT2D eigenvalue weighted by Crippen LogP contribution is 2.23. The molecule has 27 heavy (non-hydrogen) atoms. The average molecular weight is 369 g/mol. The van der Waals surface area contributed by atoms with Gasteiger partial charge in [-0.05, 0) is 36.2 Å². The highest BCUT2D eigenvalue weighted by atomic mass is 16.5. The van der Waals surface area contributed by atoms with Gasteiger partial charge in [0.1, 0.15) is 11.5 Å². The van der Waals surface area contributed by atoms with Crippen molar-refractivity contribution in [3.63, 3.8) is 0 Å². The zero-order valence-corrected chi connectivity index (χ0v) is 16.1. The first-order valence-corrected chi connectivity index (χ1v) is 9.30. The van der Waals surface area contributed by atoms with Gasteiger partial charge in [-0.15, -0.1) is 0 Å². The van der Waals surface area contributed by atoms with Gasteiger partial charge in [0, 0.05) is 51.4 Å². The fraction of sp³-hybridized carbons (Fsp3) is 0.429. The van der Waals surface area contributed by atoms with E-state index in [1.54, 1.807) is 14.2 Å². The number of nitrogens with zero attached hydrogens (tertiary/aromatic N) is 3. The van der Waals surface area contributed by atoms with Crippen molar-refractivity contribution in [3.8, 4) is 11.5 Å². The summed E-state index contributed by atoms with van der Waals surface area (Å²) in [4.78, 5) is 21.3. The normalized spacial score (nSPS) is 14.8. The molecule has 0 spiro atoms. The van der Waals surface area contributed by atoms with Gasteiger partial charge in [0.05, 0.1) is 19.9 Å². The number of aromatic nitrogens is 1. The Labute approximate surface area is 160 Å². The van der Waals surface area contributed by atoms with Crippen LogP contribution in [0.15, 0.2) is 42.6 Å². The van der Waals surface area contributed by atoms with Gasteiger partial charge in [0.15, 0.2) is 0 Å². The zero-order chi connectivity index (χ0) is 19.1. The molecule has 1 aliphatic rings. The quantitative estimate of drug-likeness (QED) is 0.750. The van der Waals surface area contributed by atoms with Crippen molar-refractivity contribution in [3.05, 3.63) is 53.9 Å². The van der Waals surface area contributed by atoms with Gasteiger partial charge in [-0.3, -0.25) is 14.7 Å². The lowest BCUT2D eigenvalue weighted by Gasteiger charge is -2.34. The van der Waals surface area contributed by atoms with Crippen LogP contribution in [-0.4, -0.2) is 61.1 Å². The standard InChI is InChI=1S/C21H27N3O3/c1-26-19-13-17(14-20(15-19)27-2)6-7-21(25)24-11-9-23(10-12-24)16-18-5-3-4-8-22-18/h3-5,8,13-15H,6-7,9-12,16H2,1-2H3. The Balaban J connectivity index is 1.47. The summed E-state index contributed by atoms with van der Waals surface area (Å²) in [5.74, 6) is 1.70. The van der Waals surface area contributed by atoms with E-state index in [0.717, 1.165) is 55.5 Å². The smallest absolute Gasteiger partial charge is 0.222 e. The monoisotopic (exact) mass is 369 g/mol. The van der Waals surface area contributed by atoms with Crippen LogP contribution in [0.1, 0.15) is 17.7 Å². The maximum absolute atomic E-state index is 12.6. The van der Waals surface area contributed by atoms with E-state index in [0.29, 0.717) is 12.8 Å². The molecule has 0 bridgehead atoms. The number of piperazine rings is 1. The van der Waals surface area contributed by atoms with Crippen LogP contribution in [0.2, 0.25) is 0 Å². The van der Waals surface area contributed by atoms with E-state index in [9.17, 15) is 4.79 Å². The van der Waals surface area contributed by atoms with Crippen molar-refractivity contribution in [1.29, 1.82) is 0 Å². The van der Waals surface area contributed by atoms with Crippen LogP contribution >= 0.6 is 0 Å². The van der Waals surface area contributed by atoms with Crippen molar-refractivity contribution in [1.82, 2.24) is 14.8 Å². The minimum atomic E-state index is 0.203. The summed E-state index contributed by atoms with van der Waals surface area (Å²) in [6, 6.07) is 11.7. The number of hydrogen-bond donors (Lipinski definition) is 0. The van der Waals surface area contributed by atoms with E-state index in [1.807, 2.05) is 47.5 Å². The summed E-state index contributed by atoms with van der Waals surface area (Å²) >= 11 is 0. The Hall–Kier alpha value is -2.60. The zero-order valence-electron chi connectivity index (χ0n) is 16.1. The highest BCUT2D eigenvalue weighted by molar-refractivity contribution is 5.76. The first-order valence-electron chi connectivity index (χ1n) is 9.30. The van der Waals surface area contributed by atoms with Crippen LogP contribution in [0.25, 0.3) is 0 Å². The van der Waals surface area contributed by atoms with Crippen molar-refractivity contribution >= 4 is 5.91 Å². The molecule has 1 aromatic heterocycles. The van der Waals surface area contributed by atoms with Crippen LogP contribution in [0.4, 0.5) is 0 Å². The fourth-order valence-electron chi connectivity index (χ4n) is 3.30. The van der Waals surface area contributed by atoms with E-state index >= 15 is 0 Å². The molecule has 0 aliphatic carbocycles. The van der Waals surface area contributed by atoms with Crippen LogP contribution < -0.4 is 9.47 Å². The summed E-state index contributed by atoms with van der Waals surface area (Å²) in [6.07, 6.45) is 3.00. The van der Waals surface area contributed by atoms with E-state index in [2.05, 4.69) is 9.88 Å². The molecule has 6 heteroatoms. The first kappa shape index (κ1) is 19.2. The molecular formula is C21H27N3O3. The van der Waals surface area contributed by atoms with Gasteiger partial charge < -0.3 is 14.4 Å². The third-order valence-electron chi connectivity index (χ3n) is 4.88. The lowest BCUT2D eigenvalue weighted by atomic mass is 10.1. The number of aryl methyl sites for hydroxylation is 1. The second-order valence-corrected chi connectivity index (χ2v) is 6.70. The minimum Gasteiger partial charge on any atom is -0.497 e. The molecular weight excluding hydrogens is 342 g/mol. The summed E-state index contributed by atoms with van der Waals surface area (Å²) in [5.41, 5.74) is 2.12. The lowest BCUT2D eigenvalue weighted by Crippen LogP contribution is -2.48. The molecule has 144 valence electrons. The second kappa shape index (κ2) is 9.37. The van der Waals surface area contributed by atoms with Crippen molar-refractivity contribution in [2.75, 3.05) is 40.4 Å². The topological polar surface area (TPSA) is 54.9 Å². The predicted molar refractivity (Wildman–Crippen MR) is 104 cm³/mol. The Morgan fingerprint density at radius 3 is 2.33 bits per heavy atom. The third kappa shape index (κ3) is 5.44. The molecule has 2 heterocycles. The summed E-state index contributed by atoms with van der Waals surface area (Å²) in [7, 11) is 3.27. The third-order valence-corrected chi connectivity index (χ3v) is 4.88. The Kier molecular flexibility index (Phi) is 6.65. The number of carbonyl (C=O) groups excluding carboxylic acids is 1. The maximum atomic E-state index is 12.6. The van der Waals surface area contributed by atoms with Crippen LogP contribution in [-0.2, 0) is 17.8 Å². The summed E-state index contributed by atoms with van der Waals surface area (Å²) in [6.45, 7) is 4.15. The van der Waals surface area contributed by atoms with E-state index in [1.165, 1.54) is 0 Å². The number of carbonyl (C=O) groups is 1. The number of ether oxygens (including phenoxy) is 2. The van der Waals surface area contributed by atoms with Crippen LogP contribution in [0.3, 0.4) is 0 Å². The molecule has 1 aliphatic heterocycles. The molecule has 0 saturated carbocycles. The Morgan fingerprint density at radius 2 is 1.74 bits per heavy atom. The fourth-order valence-corrected chi connectivity index (χ4v) is 3.30. The lowest BCUT2D eigenvalue weighted by molar-refractivity contribution is -0.133. The SMILES string of the molecule is COc1cc(CCC(=O)N2CCN(Cc3ccccn3)CC2)cc(OC)c1. The molecule has 6 nitrogen and oxygen atoms in total. The molecule has 1 saturated heterocycles. The molecule has 3 rings (SSSR count). The number of methoxy groups -OCH3 is 2. The second-order valence-electron chi connectivity index (χ2n) is 6.70. The van der Waals surface area contributed by atoms with Crippen LogP contribution in [0, 0.1) is 0 Å². The number of hydrogen-bond acceptors (Lipinski definition) is 5. The van der Waals surface area contributed by atoms with Gasteiger partial charge >= 0.3 is 0 Å². The largest absolute Gasteiger partial charge is 0.497 e. The van der Waals surface area contributed by atoms with Gasteiger partial charge in [-0.2, -0.15) is 0 Å². The van der Waals surface area contributed by atoms with Gasteiger partial charge in [-0.25, -0.2) is 0 Å². The average Bonchev–Trinajstić information content (AvgIpc) is 2.73. The van der Waals surface area contributed by atoms with Crippen molar-refractivity contribution < 1.29 is 14.3 Å². The summed E-state index contributed by atoms with van der Waals surface area (Å²) in [5, 5.41) is 0. The Morgan fingerprint density at radius 1 is 1.04 bits per heavy atom. The highest BCUT2D eigenvalue weighted by Gasteiger charge is 2.21. The summed E-state index contributed by atoms with van der Waals surface area (Å²) < 4.78 is 10.6. The first-order chi connectivity index (χ1) is 13.2. The van der Waals surface area contributed by atoms with Crippen molar-refractivity contribution in [2.24, 2.45) is 0 Å². The maximum Gasteiger partial charge on any atom is 0.222 e. The molecule has 1 fully saturated rings. The van der Waals surface area contributed by atoms with Gasteiger partial charge in [0.2, 0.25) is 5.91 Å². The van der Waals surface area contributed by atoms with Crippen LogP contribution in [0.5, 0.6) is 11.5 Å². The predicted octanol–water partition coefficient (Wildman–Crippen LogP) is 2.38.